The maximum atomic E-state index is 12.3. The Morgan fingerprint density at radius 2 is 2.06 bits per heavy atom. The summed E-state index contributed by atoms with van der Waals surface area (Å²) in [7, 11) is 2.25. The van der Waals surface area contributed by atoms with Gasteiger partial charge in [-0.3, -0.25) is 9.69 Å². The highest BCUT2D eigenvalue weighted by Crippen LogP contribution is 2.44. The van der Waals surface area contributed by atoms with Crippen molar-refractivity contribution in [1.82, 2.24) is 4.90 Å². The van der Waals surface area contributed by atoms with Crippen molar-refractivity contribution in [2.24, 2.45) is 5.92 Å². The van der Waals surface area contributed by atoms with Gasteiger partial charge in [0.05, 0.1) is 0 Å². The van der Waals surface area contributed by atoms with Gasteiger partial charge in [-0.2, -0.15) is 0 Å². The molecule has 2 aliphatic rings. The van der Waals surface area contributed by atoms with E-state index in [0.29, 0.717) is 11.7 Å². The number of likely N-dealkylation sites (tertiary alicyclic amines) is 1. The summed E-state index contributed by atoms with van der Waals surface area (Å²) in [6.07, 6.45) is 10.6. The SMILES string of the molecule is CCCC[C@@H]1C(=O)CCC[C@]12CCCCN2C. The zero-order valence-corrected chi connectivity index (χ0v) is 11.5. The molecule has 0 N–H and O–H groups in total. The van der Waals surface area contributed by atoms with E-state index in [1.165, 1.54) is 45.1 Å². The lowest BCUT2D eigenvalue weighted by atomic mass is 9.65. The zero-order valence-electron chi connectivity index (χ0n) is 11.5. The zero-order chi connectivity index (χ0) is 12.3. The molecule has 98 valence electrons. The molecule has 1 heterocycles. The average molecular weight is 237 g/mol. The van der Waals surface area contributed by atoms with Gasteiger partial charge in [0, 0.05) is 17.9 Å². The van der Waals surface area contributed by atoms with Crippen molar-refractivity contribution < 1.29 is 4.79 Å². The predicted molar refractivity (Wildman–Crippen MR) is 71.1 cm³/mol. The molecule has 2 rings (SSSR count). The van der Waals surface area contributed by atoms with E-state index >= 15 is 0 Å². The lowest BCUT2D eigenvalue weighted by Crippen LogP contribution is -2.58. The van der Waals surface area contributed by atoms with Crippen LogP contribution >= 0.6 is 0 Å². The summed E-state index contributed by atoms with van der Waals surface area (Å²) >= 11 is 0. The van der Waals surface area contributed by atoms with Crippen LogP contribution in [-0.2, 0) is 4.79 Å². The van der Waals surface area contributed by atoms with Crippen molar-refractivity contribution in [3.05, 3.63) is 0 Å². The Balaban J connectivity index is 2.17. The van der Waals surface area contributed by atoms with Gasteiger partial charge in [-0.05, 0) is 45.7 Å². The summed E-state index contributed by atoms with van der Waals surface area (Å²) in [5.41, 5.74) is 0.239. The summed E-state index contributed by atoms with van der Waals surface area (Å²) in [6, 6.07) is 0. The molecular weight excluding hydrogens is 210 g/mol. The first-order chi connectivity index (χ1) is 8.20. The third-order valence-corrected chi connectivity index (χ3v) is 5.03. The fourth-order valence-electron chi connectivity index (χ4n) is 4.00. The van der Waals surface area contributed by atoms with Crippen molar-refractivity contribution in [3.63, 3.8) is 0 Å². The fraction of sp³-hybridized carbons (Fsp3) is 0.933. The third-order valence-electron chi connectivity index (χ3n) is 5.03. The van der Waals surface area contributed by atoms with Crippen LogP contribution in [0.5, 0.6) is 0 Å². The molecule has 1 saturated heterocycles. The Morgan fingerprint density at radius 3 is 2.76 bits per heavy atom. The molecule has 1 spiro atoms. The average Bonchev–Trinajstić information content (AvgIpc) is 2.32. The second-order valence-electron chi connectivity index (χ2n) is 6.00. The molecule has 0 aromatic carbocycles. The second kappa shape index (κ2) is 5.51. The van der Waals surface area contributed by atoms with Crippen molar-refractivity contribution >= 4 is 5.78 Å². The second-order valence-corrected chi connectivity index (χ2v) is 6.00. The highest BCUT2D eigenvalue weighted by atomic mass is 16.1. The topological polar surface area (TPSA) is 20.3 Å². The predicted octanol–water partition coefficient (Wildman–Crippen LogP) is 3.40. The van der Waals surface area contributed by atoms with E-state index in [-0.39, 0.29) is 5.54 Å². The monoisotopic (exact) mass is 237 g/mol. The molecule has 1 aliphatic heterocycles. The van der Waals surface area contributed by atoms with Crippen LogP contribution < -0.4 is 0 Å². The Labute approximate surface area is 106 Å². The number of nitrogens with zero attached hydrogens (tertiary/aromatic N) is 1. The van der Waals surface area contributed by atoms with Gasteiger partial charge >= 0.3 is 0 Å². The van der Waals surface area contributed by atoms with Crippen LogP contribution in [0.4, 0.5) is 0 Å². The Bertz CT molecular complexity index is 272. The Morgan fingerprint density at radius 1 is 1.29 bits per heavy atom. The molecule has 1 aliphatic carbocycles. The van der Waals surface area contributed by atoms with E-state index in [0.717, 1.165) is 19.3 Å². The number of hydrogen-bond acceptors (Lipinski definition) is 2. The van der Waals surface area contributed by atoms with Crippen LogP contribution in [0, 0.1) is 5.92 Å². The molecule has 1 saturated carbocycles. The quantitative estimate of drug-likeness (QED) is 0.750. The fourth-order valence-corrected chi connectivity index (χ4v) is 4.00. The number of Topliss-reactive ketones (excluding diaryl/α,β-unsaturated/α-hetero) is 1. The molecule has 0 aromatic heterocycles. The van der Waals surface area contributed by atoms with E-state index in [1.54, 1.807) is 0 Å². The molecule has 2 atom stereocenters. The highest BCUT2D eigenvalue weighted by Gasteiger charge is 2.47. The smallest absolute Gasteiger partial charge is 0.137 e. The first-order valence-corrected chi connectivity index (χ1v) is 7.44. The van der Waals surface area contributed by atoms with Crippen LogP contribution in [0.1, 0.15) is 64.7 Å². The maximum Gasteiger partial charge on any atom is 0.137 e. The van der Waals surface area contributed by atoms with Gasteiger partial charge in [0.1, 0.15) is 5.78 Å². The molecule has 2 nitrogen and oxygen atoms in total. The maximum absolute atomic E-state index is 12.3. The van der Waals surface area contributed by atoms with Gasteiger partial charge < -0.3 is 0 Å². The van der Waals surface area contributed by atoms with Gasteiger partial charge in [-0.25, -0.2) is 0 Å². The Kier molecular flexibility index (Phi) is 4.24. The van der Waals surface area contributed by atoms with Crippen molar-refractivity contribution in [2.45, 2.75) is 70.3 Å². The van der Waals surface area contributed by atoms with Gasteiger partial charge in [-0.15, -0.1) is 0 Å². The molecule has 2 fully saturated rings. The van der Waals surface area contributed by atoms with Crippen molar-refractivity contribution in [1.29, 1.82) is 0 Å². The van der Waals surface area contributed by atoms with E-state index in [4.69, 9.17) is 0 Å². The molecule has 0 radical (unpaired) electrons. The van der Waals surface area contributed by atoms with Gasteiger partial charge in [0.15, 0.2) is 0 Å². The van der Waals surface area contributed by atoms with Crippen LogP contribution in [0.2, 0.25) is 0 Å². The lowest BCUT2D eigenvalue weighted by molar-refractivity contribution is -0.134. The van der Waals surface area contributed by atoms with E-state index in [2.05, 4.69) is 18.9 Å². The molecule has 0 aromatic rings. The summed E-state index contributed by atoms with van der Waals surface area (Å²) in [6.45, 7) is 3.42. The first kappa shape index (κ1) is 13.1. The Hall–Kier alpha value is -0.370. The number of carbonyl (C=O) groups is 1. The lowest BCUT2D eigenvalue weighted by Gasteiger charge is -2.52. The van der Waals surface area contributed by atoms with Crippen LogP contribution in [0.15, 0.2) is 0 Å². The number of piperidine rings is 1. The van der Waals surface area contributed by atoms with Crippen molar-refractivity contribution in [2.75, 3.05) is 13.6 Å². The van der Waals surface area contributed by atoms with E-state index in [9.17, 15) is 4.79 Å². The molecule has 2 heteroatoms. The van der Waals surface area contributed by atoms with E-state index in [1.807, 2.05) is 0 Å². The van der Waals surface area contributed by atoms with Crippen LogP contribution in [-0.4, -0.2) is 29.8 Å². The van der Waals surface area contributed by atoms with Crippen molar-refractivity contribution in [3.8, 4) is 0 Å². The normalized spacial score (nSPS) is 35.4. The number of ketones is 1. The molecule has 17 heavy (non-hydrogen) atoms. The molecular formula is C15H27NO. The molecule has 0 amide bonds. The van der Waals surface area contributed by atoms with Gasteiger partial charge in [0.2, 0.25) is 0 Å². The third kappa shape index (κ3) is 2.42. The number of hydrogen-bond donors (Lipinski definition) is 0. The highest BCUT2D eigenvalue weighted by molar-refractivity contribution is 5.83. The minimum Gasteiger partial charge on any atom is -0.300 e. The summed E-state index contributed by atoms with van der Waals surface area (Å²) in [5, 5.41) is 0. The van der Waals surface area contributed by atoms with Gasteiger partial charge in [0.25, 0.3) is 0 Å². The summed E-state index contributed by atoms with van der Waals surface area (Å²) < 4.78 is 0. The standard InChI is InChI=1S/C15H27NO/c1-3-4-8-13-14(17)9-7-11-15(13)10-5-6-12-16(15)2/h13H,3-12H2,1-2H3/t13-,15-/m1/s1. The summed E-state index contributed by atoms with van der Waals surface area (Å²) in [4.78, 5) is 14.8. The van der Waals surface area contributed by atoms with Crippen LogP contribution in [0.25, 0.3) is 0 Å². The largest absolute Gasteiger partial charge is 0.300 e. The molecule has 0 unspecified atom stereocenters. The first-order valence-electron chi connectivity index (χ1n) is 7.44. The minimum atomic E-state index is 0.239. The number of rotatable bonds is 3. The minimum absolute atomic E-state index is 0.239. The summed E-state index contributed by atoms with van der Waals surface area (Å²) in [5.74, 6) is 0.889. The molecule has 0 bridgehead atoms. The number of carbonyl (C=O) groups excluding carboxylic acids is 1. The van der Waals surface area contributed by atoms with E-state index < -0.39 is 0 Å². The van der Waals surface area contributed by atoms with Gasteiger partial charge in [-0.1, -0.05) is 26.2 Å². The van der Waals surface area contributed by atoms with Crippen LogP contribution in [0.3, 0.4) is 0 Å². The number of unbranched alkanes of at least 4 members (excludes halogenated alkanes) is 1.